The van der Waals surface area contributed by atoms with Gasteiger partial charge in [0.15, 0.2) is 0 Å². The summed E-state index contributed by atoms with van der Waals surface area (Å²) in [5.41, 5.74) is 5.48. The van der Waals surface area contributed by atoms with Gasteiger partial charge in [-0.25, -0.2) is 0 Å². The Morgan fingerprint density at radius 1 is 1.47 bits per heavy atom. The van der Waals surface area contributed by atoms with Gasteiger partial charge in [0.2, 0.25) is 0 Å². The van der Waals surface area contributed by atoms with Crippen molar-refractivity contribution in [2.24, 2.45) is 22.2 Å². The SMILES string of the molecule is CCN(CCC(C)(C)C(N)=NO)CC1CCC1. The molecular weight excluding hydrogens is 214 g/mol. The molecule has 1 rings (SSSR count). The van der Waals surface area contributed by atoms with Gasteiger partial charge in [0.25, 0.3) is 0 Å². The van der Waals surface area contributed by atoms with E-state index in [4.69, 9.17) is 10.9 Å². The van der Waals surface area contributed by atoms with Crippen molar-refractivity contribution in [3.63, 3.8) is 0 Å². The molecule has 4 heteroatoms. The lowest BCUT2D eigenvalue weighted by Crippen LogP contribution is -2.38. The Morgan fingerprint density at radius 2 is 2.12 bits per heavy atom. The van der Waals surface area contributed by atoms with Crippen LogP contribution in [0.4, 0.5) is 0 Å². The summed E-state index contributed by atoms with van der Waals surface area (Å²) in [6, 6.07) is 0. The third-order valence-electron chi connectivity index (χ3n) is 4.04. The molecule has 100 valence electrons. The largest absolute Gasteiger partial charge is 0.409 e. The Hall–Kier alpha value is -0.770. The van der Waals surface area contributed by atoms with Crippen LogP contribution in [-0.4, -0.2) is 35.6 Å². The van der Waals surface area contributed by atoms with Crippen LogP contribution in [0.25, 0.3) is 0 Å². The van der Waals surface area contributed by atoms with E-state index in [0.29, 0.717) is 5.84 Å². The highest BCUT2D eigenvalue weighted by Gasteiger charge is 2.25. The van der Waals surface area contributed by atoms with E-state index in [1.54, 1.807) is 0 Å². The summed E-state index contributed by atoms with van der Waals surface area (Å²) in [6.45, 7) is 9.58. The van der Waals surface area contributed by atoms with E-state index >= 15 is 0 Å². The lowest BCUT2D eigenvalue weighted by atomic mass is 9.84. The summed E-state index contributed by atoms with van der Waals surface area (Å²) in [4.78, 5) is 2.48. The van der Waals surface area contributed by atoms with E-state index < -0.39 is 0 Å². The van der Waals surface area contributed by atoms with E-state index in [-0.39, 0.29) is 5.41 Å². The Kier molecular flexibility index (Phi) is 5.25. The minimum absolute atomic E-state index is 0.220. The number of hydrogen-bond acceptors (Lipinski definition) is 3. The van der Waals surface area contributed by atoms with Crippen LogP contribution in [-0.2, 0) is 0 Å². The van der Waals surface area contributed by atoms with E-state index in [1.807, 2.05) is 13.8 Å². The van der Waals surface area contributed by atoms with Gasteiger partial charge >= 0.3 is 0 Å². The maximum atomic E-state index is 8.73. The van der Waals surface area contributed by atoms with Crippen LogP contribution >= 0.6 is 0 Å². The Bertz CT molecular complexity index is 259. The zero-order valence-corrected chi connectivity index (χ0v) is 11.4. The molecule has 1 fully saturated rings. The zero-order valence-electron chi connectivity index (χ0n) is 11.4. The molecule has 4 nitrogen and oxygen atoms in total. The lowest BCUT2D eigenvalue weighted by molar-refractivity contribution is 0.172. The van der Waals surface area contributed by atoms with E-state index in [9.17, 15) is 0 Å². The van der Waals surface area contributed by atoms with Gasteiger partial charge in [0.1, 0.15) is 5.84 Å². The standard InChI is InChI=1S/C13H27N3O/c1-4-16(10-11-6-5-7-11)9-8-13(2,3)12(14)15-17/h11,17H,4-10H2,1-3H3,(H2,14,15). The van der Waals surface area contributed by atoms with Crippen LogP contribution in [0.5, 0.6) is 0 Å². The molecule has 3 N–H and O–H groups in total. The average molecular weight is 241 g/mol. The third-order valence-corrected chi connectivity index (χ3v) is 4.04. The zero-order chi connectivity index (χ0) is 12.9. The van der Waals surface area contributed by atoms with Gasteiger partial charge in [-0.3, -0.25) is 0 Å². The minimum atomic E-state index is -0.220. The molecule has 1 aliphatic rings. The maximum absolute atomic E-state index is 8.73. The van der Waals surface area contributed by atoms with Crippen LogP contribution in [0.2, 0.25) is 0 Å². The molecule has 0 amide bonds. The van der Waals surface area contributed by atoms with Crippen molar-refractivity contribution in [1.29, 1.82) is 0 Å². The Labute approximate surface area is 105 Å². The highest BCUT2D eigenvalue weighted by atomic mass is 16.4. The summed E-state index contributed by atoms with van der Waals surface area (Å²) < 4.78 is 0. The number of oxime groups is 1. The van der Waals surface area contributed by atoms with Gasteiger partial charge in [0.05, 0.1) is 0 Å². The van der Waals surface area contributed by atoms with Crippen molar-refractivity contribution in [2.45, 2.75) is 46.5 Å². The Balaban J connectivity index is 2.35. The highest BCUT2D eigenvalue weighted by Crippen LogP contribution is 2.28. The molecule has 0 aromatic carbocycles. The predicted octanol–water partition coefficient (Wildman–Crippen LogP) is 2.27. The van der Waals surface area contributed by atoms with Crippen LogP contribution in [0.3, 0.4) is 0 Å². The fourth-order valence-corrected chi connectivity index (χ4v) is 2.12. The summed E-state index contributed by atoms with van der Waals surface area (Å²) >= 11 is 0. The quantitative estimate of drug-likeness (QED) is 0.311. The molecule has 0 heterocycles. The molecule has 0 aromatic rings. The second-order valence-corrected chi connectivity index (χ2v) is 5.81. The van der Waals surface area contributed by atoms with Gasteiger partial charge in [-0.2, -0.15) is 0 Å². The normalized spacial score (nSPS) is 18.5. The van der Waals surface area contributed by atoms with Gasteiger partial charge in [0, 0.05) is 12.0 Å². The molecule has 0 spiro atoms. The number of nitrogens with two attached hydrogens (primary N) is 1. The van der Waals surface area contributed by atoms with Crippen molar-refractivity contribution >= 4 is 5.84 Å². The fraction of sp³-hybridized carbons (Fsp3) is 0.923. The van der Waals surface area contributed by atoms with Gasteiger partial charge < -0.3 is 15.8 Å². The lowest BCUT2D eigenvalue weighted by Gasteiger charge is -2.33. The third kappa shape index (κ3) is 4.19. The monoisotopic (exact) mass is 241 g/mol. The highest BCUT2D eigenvalue weighted by molar-refractivity contribution is 5.85. The van der Waals surface area contributed by atoms with Crippen molar-refractivity contribution in [3.05, 3.63) is 0 Å². The molecule has 0 unspecified atom stereocenters. The number of hydrogen-bond donors (Lipinski definition) is 2. The fourth-order valence-electron chi connectivity index (χ4n) is 2.12. The average Bonchev–Trinajstić information content (AvgIpc) is 2.25. The van der Waals surface area contributed by atoms with Crippen molar-refractivity contribution in [3.8, 4) is 0 Å². The van der Waals surface area contributed by atoms with Gasteiger partial charge in [-0.05, 0) is 38.3 Å². The van der Waals surface area contributed by atoms with Crippen LogP contribution in [0, 0.1) is 11.3 Å². The van der Waals surface area contributed by atoms with Gasteiger partial charge in [-0.1, -0.05) is 32.3 Å². The first-order chi connectivity index (χ1) is 7.99. The number of nitrogens with zero attached hydrogens (tertiary/aromatic N) is 2. The molecule has 0 atom stereocenters. The van der Waals surface area contributed by atoms with E-state index in [0.717, 1.165) is 25.4 Å². The van der Waals surface area contributed by atoms with E-state index in [1.165, 1.54) is 25.8 Å². The molecule has 0 radical (unpaired) electrons. The van der Waals surface area contributed by atoms with Crippen LogP contribution in [0.1, 0.15) is 46.5 Å². The smallest absolute Gasteiger partial charge is 0.144 e. The molecular formula is C13H27N3O. The van der Waals surface area contributed by atoms with Crippen LogP contribution < -0.4 is 5.73 Å². The number of rotatable bonds is 7. The van der Waals surface area contributed by atoms with E-state index in [2.05, 4.69) is 17.0 Å². The first-order valence-corrected chi connectivity index (χ1v) is 6.70. The van der Waals surface area contributed by atoms with Crippen LogP contribution in [0.15, 0.2) is 5.16 Å². The second-order valence-electron chi connectivity index (χ2n) is 5.81. The summed E-state index contributed by atoms with van der Waals surface area (Å²) in [6.07, 6.45) is 5.11. The minimum Gasteiger partial charge on any atom is -0.409 e. The summed E-state index contributed by atoms with van der Waals surface area (Å²) in [5.74, 6) is 1.24. The second kappa shape index (κ2) is 6.24. The Morgan fingerprint density at radius 3 is 2.53 bits per heavy atom. The number of amidine groups is 1. The summed E-state index contributed by atoms with van der Waals surface area (Å²) in [5, 5.41) is 11.9. The van der Waals surface area contributed by atoms with Crippen molar-refractivity contribution in [2.75, 3.05) is 19.6 Å². The molecule has 0 saturated heterocycles. The van der Waals surface area contributed by atoms with Crippen molar-refractivity contribution in [1.82, 2.24) is 4.90 Å². The molecule has 0 aromatic heterocycles. The molecule has 1 saturated carbocycles. The van der Waals surface area contributed by atoms with Gasteiger partial charge in [-0.15, -0.1) is 0 Å². The topological polar surface area (TPSA) is 61.8 Å². The molecule has 0 aliphatic heterocycles. The molecule has 0 bridgehead atoms. The first kappa shape index (κ1) is 14.3. The molecule has 1 aliphatic carbocycles. The molecule has 17 heavy (non-hydrogen) atoms. The summed E-state index contributed by atoms with van der Waals surface area (Å²) in [7, 11) is 0. The first-order valence-electron chi connectivity index (χ1n) is 6.70. The van der Waals surface area contributed by atoms with Crippen molar-refractivity contribution < 1.29 is 5.21 Å². The predicted molar refractivity (Wildman–Crippen MR) is 71.3 cm³/mol. The maximum Gasteiger partial charge on any atom is 0.144 e.